The summed E-state index contributed by atoms with van der Waals surface area (Å²) in [4.78, 5) is 22.4. The van der Waals surface area contributed by atoms with E-state index < -0.39 is 17.9 Å². The van der Waals surface area contributed by atoms with Crippen molar-refractivity contribution in [2.45, 2.75) is 18.9 Å². The van der Waals surface area contributed by atoms with Gasteiger partial charge < -0.3 is 20.3 Å². The van der Waals surface area contributed by atoms with Crippen molar-refractivity contribution >= 4 is 35.1 Å². The Morgan fingerprint density at radius 2 is 2.00 bits per heavy atom. The molecule has 1 aromatic carbocycles. The average molecular weight is 336 g/mol. The number of carboxylic acid groups (broad SMARTS) is 1. The minimum atomic E-state index is -1.19. The first-order valence-corrected chi connectivity index (χ1v) is 6.90. The first-order chi connectivity index (χ1) is 9.93. The molecule has 0 fully saturated rings. The lowest BCUT2D eigenvalue weighted by Crippen LogP contribution is -2.41. The van der Waals surface area contributed by atoms with Gasteiger partial charge >= 0.3 is 5.97 Å². The van der Waals surface area contributed by atoms with Crippen molar-refractivity contribution in [1.29, 1.82) is 0 Å². The van der Waals surface area contributed by atoms with Gasteiger partial charge in [0.25, 0.3) is 0 Å². The molecule has 0 aliphatic rings. The summed E-state index contributed by atoms with van der Waals surface area (Å²) in [5, 5.41) is 20.6. The Morgan fingerprint density at radius 3 is 2.57 bits per heavy atom. The van der Waals surface area contributed by atoms with Gasteiger partial charge in [-0.15, -0.1) is 0 Å². The Morgan fingerprint density at radius 1 is 1.29 bits per heavy atom. The van der Waals surface area contributed by atoms with Crippen molar-refractivity contribution < 1.29 is 24.5 Å². The van der Waals surface area contributed by atoms with Crippen LogP contribution in [0.2, 0.25) is 10.0 Å². The van der Waals surface area contributed by atoms with Crippen molar-refractivity contribution in [3.05, 3.63) is 28.2 Å². The minimum Gasteiger partial charge on any atom is -0.493 e. The van der Waals surface area contributed by atoms with Crippen molar-refractivity contribution in [2.75, 3.05) is 13.2 Å². The maximum atomic E-state index is 11.6. The van der Waals surface area contributed by atoms with Crippen LogP contribution >= 0.6 is 23.2 Å². The molecule has 0 saturated heterocycles. The fourth-order valence-electron chi connectivity index (χ4n) is 1.48. The van der Waals surface area contributed by atoms with E-state index in [0.29, 0.717) is 15.8 Å². The molecule has 0 saturated carbocycles. The van der Waals surface area contributed by atoms with Gasteiger partial charge in [-0.1, -0.05) is 23.2 Å². The highest BCUT2D eigenvalue weighted by Crippen LogP contribution is 2.26. The predicted molar refractivity (Wildman–Crippen MR) is 77.8 cm³/mol. The number of aliphatic carboxylic acids is 1. The molecular formula is C13H15Cl2NO5. The fraction of sp³-hybridized carbons (Fsp3) is 0.385. The van der Waals surface area contributed by atoms with E-state index in [-0.39, 0.29) is 26.1 Å². The van der Waals surface area contributed by atoms with Crippen LogP contribution in [0.5, 0.6) is 5.75 Å². The van der Waals surface area contributed by atoms with Gasteiger partial charge in [-0.25, -0.2) is 4.79 Å². The quantitative estimate of drug-likeness (QED) is 0.672. The highest BCUT2D eigenvalue weighted by Gasteiger charge is 2.18. The number of rotatable bonds is 8. The van der Waals surface area contributed by atoms with Gasteiger partial charge in [0.05, 0.1) is 23.1 Å². The smallest absolute Gasteiger partial charge is 0.326 e. The van der Waals surface area contributed by atoms with Crippen LogP contribution < -0.4 is 10.1 Å². The number of hydrogen-bond donors (Lipinski definition) is 3. The van der Waals surface area contributed by atoms with E-state index >= 15 is 0 Å². The van der Waals surface area contributed by atoms with E-state index in [2.05, 4.69) is 5.32 Å². The lowest BCUT2D eigenvalue weighted by molar-refractivity contribution is -0.142. The topological polar surface area (TPSA) is 95.9 Å². The number of amides is 1. The third-order valence-corrected chi connectivity index (χ3v) is 3.28. The van der Waals surface area contributed by atoms with Crippen LogP contribution in [0.1, 0.15) is 12.8 Å². The van der Waals surface area contributed by atoms with Crippen LogP contribution in [0.15, 0.2) is 18.2 Å². The summed E-state index contributed by atoms with van der Waals surface area (Å²) in [6.07, 6.45) is -0.0653. The molecule has 0 aliphatic heterocycles. The number of hydrogen-bond acceptors (Lipinski definition) is 4. The standard InChI is InChI=1S/C13H15Cl2NO5/c14-9-2-1-8(7-10(9)15)21-6-4-12(18)16-11(3-5-17)13(19)20/h1-2,7,11,17H,3-6H2,(H,16,18)(H,19,20). The van der Waals surface area contributed by atoms with Gasteiger partial charge in [-0.2, -0.15) is 0 Å². The zero-order valence-corrected chi connectivity index (χ0v) is 12.5. The highest BCUT2D eigenvalue weighted by molar-refractivity contribution is 6.42. The Bertz CT molecular complexity index is 509. The van der Waals surface area contributed by atoms with E-state index in [0.717, 1.165) is 0 Å². The van der Waals surface area contributed by atoms with E-state index in [1.807, 2.05) is 0 Å². The van der Waals surface area contributed by atoms with Crippen molar-refractivity contribution in [3.63, 3.8) is 0 Å². The molecule has 0 radical (unpaired) electrons. The zero-order chi connectivity index (χ0) is 15.8. The molecule has 0 heterocycles. The Hall–Kier alpha value is -1.50. The van der Waals surface area contributed by atoms with Crippen molar-refractivity contribution in [2.24, 2.45) is 0 Å². The summed E-state index contributed by atoms with van der Waals surface area (Å²) in [7, 11) is 0. The first-order valence-electron chi connectivity index (χ1n) is 6.15. The molecule has 3 N–H and O–H groups in total. The molecule has 1 atom stereocenters. The third-order valence-electron chi connectivity index (χ3n) is 2.54. The maximum Gasteiger partial charge on any atom is 0.326 e. The predicted octanol–water partition coefficient (Wildman–Crippen LogP) is 1.71. The molecule has 21 heavy (non-hydrogen) atoms. The average Bonchev–Trinajstić information content (AvgIpc) is 2.42. The second kappa shape index (κ2) is 8.71. The van der Waals surface area contributed by atoms with Crippen molar-refractivity contribution in [3.8, 4) is 5.75 Å². The number of aliphatic hydroxyl groups is 1. The Kier molecular flexibility index (Phi) is 7.28. The molecule has 116 valence electrons. The van der Waals surface area contributed by atoms with Gasteiger partial charge in [0.1, 0.15) is 11.8 Å². The van der Waals surface area contributed by atoms with Gasteiger partial charge in [0.15, 0.2) is 0 Å². The number of carbonyl (C=O) groups is 2. The van der Waals surface area contributed by atoms with Crippen LogP contribution in [0, 0.1) is 0 Å². The van der Waals surface area contributed by atoms with Crippen LogP contribution in [-0.4, -0.2) is 41.3 Å². The number of carboxylic acids is 1. The molecule has 1 aromatic rings. The Labute approximate surface area is 131 Å². The summed E-state index contributed by atoms with van der Waals surface area (Å²) in [5.41, 5.74) is 0. The van der Waals surface area contributed by atoms with Crippen LogP contribution in [0.25, 0.3) is 0 Å². The van der Waals surface area contributed by atoms with E-state index in [1.54, 1.807) is 12.1 Å². The molecule has 1 rings (SSSR count). The molecule has 1 unspecified atom stereocenters. The van der Waals surface area contributed by atoms with Crippen molar-refractivity contribution in [1.82, 2.24) is 5.32 Å². The second-order valence-electron chi connectivity index (χ2n) is 4.14. The molecule has 8 heteroatoms. The molecule has 0 aliphatic carbocycles. The number of carbonyl (C=O) groups excluding carboxylic acids is 1. The SMILES string of the molecule is O=C(CCOc1ccc(Cl)c(Cl)c1)NC(CCO)C(=O)O. The third kappa shape index (κ3) is 6.20. The number of benzene rings is 1. The zero-order valence-electron chi connectivity index (χ0n) is 11.0. The number of nitrogens with one attached hydrogen (secondary N) is 1. The number of aliphatic hydroxyl groups excluding tert-OH is 1. The van der Waals surface area contributed by atoms with Gasteiger partial charge in [-0.05, 0) is 12.1 Å². The molecule has 6 nitrogen and oxygen atoms in total. The summed E-state index contributed by atoms with van der Waals surface area (Å²) in [6, 6.07) is 3.60. The monoisotopic (exact) mass is 335 g/mol. The van der Waals surface area contributed by atoms with Crippen LogP contribution in [-0.2, 0) is 9.59 Å². The van der Waals surface area contributed by atoms with E-state index in [1.165, 1.54) is 6.07 Å². The summed E-state index contributed by atoms with van der Waals surface area (Å²) in [6.45, 7) is -0.258. The molecule has 0 aromatic heterocycles. The summed E-state index contributed by atoms with van der Waals surface area (Å²) in [5.74, 6) is -1.21. The summed E-state index contributed by atoms with van der Waals surface area (Å²) < 4.78 is 5.31. The Balaban J connectivity index is 2.39. The fourth-order valence-corrected chi connectivity index (χ4v) is 1.77. The van der Waals surface area contributed by atoms with Gasteiger partial charge in [-0.3, -0.25) is 4.79 Å². The van der Waals surface area contributed by atoms with Gasteiger partial charge in [0, 0.05) is 19.1 Å². The van der Waals surface area contributed by atoms with E-state index in [4.69, 9.17) is 38.2 Å². The molecule has 1 amide bonds. The highest BCUT2D eigenvalue weighted by atomic mass is 35.5. The maximum absolute atomic E-state index is 11.6. The first kappa shape index (κ1) is 17.6. The molecule has 0 spiro atoms. The lowest BCUT2D eigenvalue weighted by atomic mass is 10.2. The molecule has 0 bridgehead atoms. The lowest BCUT2D eigenvalue weighted by Gasteiger charge is -2.13. The largest absolute Gasteiger partial charge is 0.493 e. The number of ether oxygens (including phenoxy) is 1. The van der Waals surface area contributed by atoms with Gasteiger partial charge in [0.2, 0.25) is 5.91 Å². The molecular weight excluding hydrogens is 321 g/mol. The van der Waals surface area contributed by atoms with Crippen LogP contribution in [0.3, 0.4) is 0 Å². The van der Waals surface area contributed by atoms with E-state index in [9.17, 15) is 9.59 Å². The number of halogens is 2. The summed E-state index contributed by atoms with van der Waals surface area (Å²) >= 11 is 11.6. The minimum absolute atomic E-state index is 0.0184. The van der Waals surface area contributed by atoms with Crippen LogP contribution in [0.4, 0.5) is 0 Å². The second-order valence-corrected chi connectivity index (χ2v) is 4.96. The normalized spacial score (nSPS) is 11.8.